The molecule has 0 radical (unpaired) electrons. The van der Waals surface area contributed by atoms with Crippen molar-refractivity contribution in [3.63, 3.8) is 0 Å². The maximum atomic E-state index is 10.7. The van der Waals surface area contributed by atoms with Gasteiger partial charge in [-0.2, -0.15) is 0 Å². The Morgan fingerprint density at radius 2 is 1.76 bits per heavy atom. The molecule has 0 bridgehead atoms. The average molecular weight is 236 g/mol. The summed E-state index contributed by atoms with van der Waals surface area (Å²) in [6.07, 6.45) is 0.352. The first-order valence-corrected chi connectivity index (χ1v) is 5.96. The Kier molecular flexibility index (Phi) is 5.16. The number of aliphatic hydroxyl groups excluding tert-OH is 1. The molecule has 3 atom stereocenters. The summed E-state index contributed by atoms with van der Waals surface area (Å²) in [5, 5.41) is 18.6. The van der Waals surface area contributed by atoms with Crippen LogP contribution in [0.1, 0.15) is 38.2 Å². The van der Waals surface area contributed by atoms with Crippen molar-refractivity contribution in [2.75, 3.05) is 0 Å². The van der Waals surface area contributed by atoms with Gasteiger partial charge in [-0.25, -0.2) is 0 Å². The molecule has 0 saturated carbocycles. The zero-order valence-corrected chi connectivity index (χ0v) is 10.3. The van der Waals surface area contributed by atoms with Gasteiger partial charge in [0.15, 0.2) is 0 Å². The van der Waals surface area contributed by atoms with E-state index in [9.17, 15) is 9.90 Å². The number of aliphatic hydroxyl groups is 1. The largest absolute Gasteiger partial charge is 0.481 e. The van der Waals surface area contributed by atoms with Gasteiger partial charge in [0.1, 0.15) is 0 Å². The summed E-state index contributed by atoms with van der Waals surface area (Å²) in [4.78, 5) is 10.7. The second-order valence-electron chi connectivity index (χ2n) is 4.68. The van der Waals surface area contributed by atoms with Gasteiger partial charge >= 0.3 is 5.97 Å². The van der Waals surface area contributed by atoms with Crippen molar-refractivity contribution in [2.45, 2.75) is 38.7 Å². The Labute approximate surface area is 102 Å². The summed E-state index contributed by atoms with van der Waals surface area (Å²) < 4.78 is 0. The van der Waals surface area contributed by atoms with Crippen molar-refractivity contribution in [2.24, 2.45) is 5.92 Å². The van der Waals surface area contributed by atoms with Crippen LogP contribution < -0.4 is 0 Å². The van der Waals surface area contributed by atoms with Crippen molar-refractivity contribution < 1.29 is 15.0 Å². The maximum Gasteiger partial charge on any atom is 0.306 e. The normalized spacial score (nSPS) is 16.2. The SMILES string of the molecule is CC(CC(O)CC(C)c1ccccc1)C(=O)O. The topological polar surface area (TPSA) is 57.5 Å². The van der Waals surface area contributed by atoms with E-state index in [-0.39, 0.29) is 5.92 Å². The molecule has 17 heavy (non-hydrogen) atoms. The summed E-state index contributed by atoms with van der Waals surface area (Å²) in [5.74, 6) is -1.10. The molecular formula is C14H20O3. The van der Waals surface area contributed by atoms with Crippen LogP contribution in [0.5, 0.6) is 0 Å². The number of carboxylic acid groups (broad SMARTS) is 1. The second-order valence-corrected chi connectivity index (χ2v) is 4.68. The Bertz CT molecular complexity index is 348. The molecule has 94 valence electrons. The van der Waals surface area contributed by atoms with Crippen molar-refractivity contribution >= 4 is 5.97 Å². The maximum absolute atomic E-state index is 10.7. The summed E-state index contributed by atoms with van der Waals surface area (Å²) in [7, 11) is 0. The second kappa shape index (κ2) is 6.40. The van der Waals surface area contributed by atoms with E-state index in [1.165, 1.54) is 5.56 Å². The minimum Gasteiger partial charge on any atom is -0.481 e. The molecule has 0 spiro atoms. The molecule has 0 aliphatic carbocycles. The quantitative estimate of drug-likeness (QED) is 0.798. The monoisotopic (exact) mass is 236 g/mol. The van der Waals surface area contributed by atoms with Gasteiger partial charge in [0.25, 0.3) is 0 Å². The van der Waals surface area contributed by atoms with E-state index < -0.39 is 18.0 Å². The van der Waals surface area contributed by atoms with E-state index in [1.807, 2.05) is 37.3 Å². The van der Waals surface area contributed by atoms with Gasteiger partial charge in [-0.15, -0.1) is 0 Å². The molecule has 0 aliphatic heterocycles. The predicted molar refractivity (Wildman–Crippen MR) is 66.9 cm³/mol. The van der Waals surface area contributed by atoms with Crippen LogP contribution in [0.25, 0.3) is 0 Å². The summed E-state index contributed by atoms with van der Waals surface area (Å²) >= 11 is 0. The van der Waals surface area contributed by atoms with Crippen LogP contribution in [-0.2, 0) is 4.79 Å². The molecule has 0 saturated heterocycles. The van der Waals surface area contributed by atoms with Crippen LogP contribution in [0.4, 0.5) is 0 Å². The summed E-state index contributed by atoms with van der Waals surface area (Å²) in [6, 6.07) is 9.95. The Morgan fingerprint density at radius 3 is 2.29 bits per heavy atom. The molecule has 0 aromatic heterocycles. The van der Waals surface area contributed by atoms with Crippen molar-refractivity contribution in [3.8, 4) is 0 Å². The van der Waals surface area contributed by atoms with E-state index in [0.29, 0.717) is 12.8 Å². The van der Waals surface area contributed by atoms with Gasteiger partial charge in [-0.05, 0) is 24.3 Å². The average Bonchev–Trinajstić information content (AvgIpc) is 2.29. The van der Waals surface area contributed by atoms with Gasteiger partial charge in [-0.3, -0.25) is 4.79 Å². The lowest BCUT2D eigenvalue weighted by atomic mass is 9.91. The van der Waals surface area contributed by atoms with Crippen LogP contribution >= 0.6 is 0 Å². The third kappa shape index (κ3) is 4.57. The predicted octanol–water partition coefficient (Wildman–Crippen LogP) is 2.65. The molecule has 3 nitrogen and oxygen atoms in total. The molecule has 0 amide bonds. The number of hydrogen-bond donors (Lipinski definition) is 2. The smallest absolute Gasteiger partial charge is 0.306 e. The Hall–Kier alpha value is -1.35. The van der Waals surface area contributed by atoms with E-state index >= 15 is 0 Å². The number of carboxylic acids is 1. The first kappa shape index (κ1) is 13.7. The molecular weight excluding hydrogens is 216 g/mol. The highest BCUT2D eigenvalue weighted by Gasteiger charge is 2.18. The van der Waals surface area contributed by atoms with E-state index in [4.69, 9.17) is 5.11 Å². The summed E-state index contributed by atoms with van der Waals surface area (Å²) in [6.45, 7) is 3.67. The van der Waals surface area contributed by atoms with E-state index in [1.54, 1.807) is 6.92 Å². The highest BCUT2D eigenvalue weighted by atomic mass is 16.4. The first-order valence-electron chi connectivity index (χ1n) is 5.96. The fourth-order valence-electron chi connectivity index (χ4n) is 1.93. The van der Waals surface area contributed by atoms with E-state index in [0.717, 1.165) is 0 Å². The van der Waals surface area contributed by atoms with Crippen LogP contribution in [0.15, 0.2) is 30.3 Å². The lowest BCUT2D eigenvalue weighted by molar-refractivity contribution is -0.142. The number of aliphatic carboxylic acids is 1. The molecule has 1 aromatic rings. The van der Waals surface area contributed by atoms with Gasteiger partial charge in [0, 0.05) is 0 Å². The fraction of sp³-hybridized carbons (Fsp3) is 0.500. The van der Waals surface area contributed by atoms with Crippen LogP contribution in [0.2, 0.25) is 0 Å². The third-order valence-corrected chi connectivity index (χ3v) is 3.04. The van der Waals surface area contributed by atoms with Gasteiger partial charge in [0.05, 0.1) is 12.0 Å². The van der Waals surface area contributed by atoms with Crippen LogP contribution in [0, 0.1) is 5.92 Å². The standard InChI is InChI=1S/C14H20O3/c1-10(12-6-4-3-5-7-12)8-13(15)9-11(2)14(16)17/h3-7,10-11,13,15H,8-9H2,1-2H3,(H,16,17). The minimum atomic E-state index is -0.851. The molecule has 0 heterocycles. The van der Waals surface area contributed by atoms with Crippen molar-refractivity contribution in [3.05, 3.63) is 35.9 Å². The zero-order chi connectivity index (χ0) is 12.8. The van der Waals surface area contributed by atoms with Crippen LogP contribution in [-0.4, -0.2) is 22.3 Å². The third-order valence-electron chi connectivity index (χ3n) is 3.04. The number of rotatable bonds is 6. The first-order chi connectivity index (χ1) is 8.00. The zero-order valence-electron chi connectivity index (χ0n) is 10.3. The van der Waals surface area contributed by atoms with Gasteiger partial charge in [0.2, 0.25) is 0 Å². The molecule has 3 unspecified atom stereocenters. The molecule has 0 fully saturated rings. The molecule has 2 N–H and O–H groups in total. The molecule has 0 aliphatic rings. The number of carbonyl (C=O) groups is 1. The highest BCUT2D eigenvalue weighted by molar-refractivity contribution is 5.69. The van der Waals surface area contributed by atoms with Crippen LogP contribution in [0.3, 0.4) is 0 Å². The molecule has 1 rings (SSSR count). The Morgan fingerprint density at radius 1 is 1.18 bits per heavy atom. The summed E-state index contributed by atoms with van der Waals surface area (Å²) in [5.41, 5.74) is 1.18. The number of benzene rings is 1. The van der Waals surface area contributed by atoms with Gasteiger partial charge < -0.3 is 10.2 Å². The lowest BCUT2D eigenvalue weighted by Crippen LogP contribution is -2.19. The lowest BCUT2D eigenvalue weighted by Gasteiger charge is -2.18. The molecule has 3 heteroatoms. The highest BCUT2D eigenvalue weighted by Crippen LogP contribution is 2.22. The fourth-order valence-corrected chi connectivity index (χ4v) is 1.93. The van der Waals surface area contributed by atoms with E-state index in [2.05, 4.69) is 0 Å². The van der Waals surface area contributed by atoms with Crippen molar-refractivity contribution in [1.82, 2.24) is 0 Å². The van der Waals surface area contributed by atoms with Gasteiger partial charge in [-0.1, -0.05) is 44.2 Å². The van der Waals surface area contributed by atoms with Crippen molar-refractivity contribution in [1.29, 1.82) is 0 Å². The Balaban J connectivity index is 2.46. The minimum absolute atomic E-state index is 0.243. The number of hydrogen-bond acceptors (Lipinski definition) is 2. The molecule has 1 aromatic carbocycles.